The second-order valence-corrected chi connectivity index (χ2v) is 5.28. The van der Waals surface area contributed by atoms with Crippen LogP contribution in [0, 0.1) is 0 Å². The first-order chi connectivity index (χ1) is 9.24. The predicted molar refractivity (Wildman–Crippen MR) is 69.5 cm³/mol. The molecular formula is C15H17NO3. The topological polar surface area (TPSA) is 46.6 Å². The lowest BCUT2D eigenvalue weighted by atomic mass is 10.0. The molecule has 1 aromatic rings. The normalized spacial score (nSPS) is 25.5. The number of carbonyl (C=O) groups excluding carboxylic acids is 2. The molecule has 0 unspecified atom stereocenters. The highest BCUT2D eigenvalue weighted by Crippen LogP contribution is 2.34. The first-order valence-electron chi connectivity index (χ1n) is 6.75. The van der Waals surface area contributed by atoms with E-state index in [-0.39, 0.29) is 24.0 Å². The number of ether oxygens (including phenoxy) is 1. The average molecular weight is 259 g/mol. The lowest BCUT2D eigenvalue weighted by molar-refractivity contribution is -0.123. The van der Waals surface area contributed by atoms with Crippen LogP contribution in [-0.4, -0.2) is 28.9 Å². The Morgan fingerprint density at radius 3 is 2.42 bits per heavy atom. The van der Waals surface area contributed by atoms with Gasteiger partial charge in [0.25, 0.3) is 0 Å². The highest BCUT2D eigenvalue weighted by molar-refractivity contribution is 5.83. The number of hydrogen-bond donors (Lipinski definition) is 0. The summed E-state index contributed by atoms with van der Waals surface area (Å²) in [5.41, 5.74) is 0.983. The SMILES string of the molecule is O=C1C[C@H]2CC[C@@H](C1)N2C(=O)OCc1ccccc1. The number of carbonyl (C=O) groups is 2. The van der Waals surface area contributed by atoms with E-state index in [4.69, 9.17) is 4.74 Å². The van der Waals surface area contributed by atoms with Crippen molar-refractivity contribution in [1.29, 1.82) is 0 Å². The van der Waals surface area contributed by atoms with Crippen molar-refractivity contribution in [3.8, 4) is 0 Å². The first-order valence-corrected chi connectivity index (χ1v) is 6.75. The summed E-state index contributed by atoms with van der Waals surface area (Å²) in [6, 6.07) is 9.77. The fourth-order valence-corrected chi connectivity index (χ4v) is 3.06. The first kappa shape index (κ1) is 12.2. The summed E-state index contributed by atoms with van der Waals surface area (Å²) in [6.07, 6.45) is 2.57. The van der Waals surface area contributed by atoms with Crippen LogP contribution in [0.3, 0.4) is 0 Å². The smallest absolute Gasteiger partial charge is 0.410 e. The standard InChI is InChI=1S/C15H17NO3/c17-14-8-12-6-7-13(9-14)16(12)15(18)19-10-11-4-2-1-3-5-11/h1-5,12-13H,6-10H2/t12-,13+. The van der Waals surface area contributed by atoms with Crippen molar-refractivity contribution in [1.82, 2.24) is 4.90 Å². The van der Waals surface area contributed by atoms with Crippen LogP contribution >= 0.6 is 0 Å². The molecule has 0 aliphatic carbocycles. The molecule has 2 atom stereocenters. The summed E-state index contributed by atoms with van der Waals surface area (Å²) in [7, 11) is 0. The zero-order valence-electron chi connectivity index (χ0n) is 10.7. The van der Waals surface area contributed by atoms with Crippen molar-refractivity contribution in [3.05, 3.63) is 35.9 Å². The minimum atomic E-state index is -0.274. The van der Waals surface area contributed by atoms with Crippen LogP contribution in [0.4, 0.5) is 4.79 Å². The van der Waals surface area contributed by atoms with E-state index in [1.54, 1.807) is 4.90 Å². The van der Waals surface area contributed by atoms with Gasteiger partial charge in [-0.05, 0) is 18.4 Å². The number of benzene rings is 1. The molecule has 0 spiro atoms. The van der Waals surface area contributed by atoms with Crippen molar-refractivity contribution >= 4 is 11.9 Å². The number of piperidine rings is 1. The lowest BCUT2D eigenvalue weighted by Gasteiger charge is -2.33. The number of ketones is 1. The molecular weight excluding hydrogens is 242 g/mol. The van der Waals surface area contributed by atoms with Gasteiger partial charge in [-0.25, -0.2) is 4.79 Å². The van der Waals surface area contributed by atoms with Gasteiger partial charge in [-0.15, -0.1) is 0 Å². The number of fused-ring (bicyclic) bond motifs is 2. The zero-order valence-corrected chi connectivity index (χ0v) is 10.7. The Morgan fingerprint density at radius 2 is 1.79 bits per heavy atom. The number of Topliss-reactive ketones (excluding diaryl/α,β-unsaturated/α-hetero) is 1. The zero-order chi connectivity index (χ0) is 13.2. The molecule has 0 aromatic heterocycles. The minimum Gasteiger partial charge on any atom is -0.445 e. The molecule has 3 rings (SSSR count). The third-order valence-electron chi connectivity index (χ3n) is 3.96. The van der Waals surface area contributed by atoms with Gasteiger partial charge in [-0.3, -0.25) is 4.79 Å². The summed E-state index contributed by atoms with van der Waals surface area (Å²) in [4.78, 5) is 25.4. The van der Waals surface area contributed by atoms with Gasteiger partial charge in [0.1, 0.15) is 12.4 Å². The highest BCUT2D eigenvalue weighted by Gasteiger charge is 2.43. The van der Waals surface area contributed by atoms with Crippen LogP contribution in [0.2, 0.25) is 0 Å². The quantitative estimate of drug-likeness (QED) is 0.820. The Balaban J connectivity index is 1.61. The van der Waals surface area contributed by atoms with Crippen LogP contribution < -0.4 is 0 Å². The van der Waals surface area contributed by atoms with E-state index in [9.17, 15) is 9.59 Å². The summed E-state index contributed by atoms with van der Waals surface area (Å²) < 4.78 is 5.36. The summed E-state index contributed by atoms with van der Waals surface area (Å²) in [5.74, 6) is 0.277. The Labute approximate surface area is 112 Å². The lowest BCUT2D eigenvalue weighted by Crippen LogP contribution is -2.46. The Hall–Kier alpha value is -1.84. The maximum Gasteiger partial charge on any atom is 0.410 e. The van der Waals surface area contributed by atoms with Crippen molar-refractivity contribution in [3.63, 3.8) is 0 Å². The van der Waals surface area contributed by atoms with Gasteiger partial charge in [0, 0.05) is 24.9 Å². The van der Waals surface area contributed by atoms with Crippen LogP contribution in [0.1, 0.15) is 31.2 Å². The molecule has 0 N–H and O–H groups in total. The Morgan fingerprint density at radius 1 is 1.16 bits per heavy atom. The molecule has 2 bridgehead atoms. The predicted octanol–water partition coefficient (Wildman–Crippen LogP) is 2.52. The van der Waals surface area contributed by atoms with Gasteiger partial charge >= 0.3 is 6.09 Å². The third-order valence-corrected chi connectivity index (χ3v) is 3.96. The van der Waals surface area contributed by atoms with Gasteiger partial charge in [-0.1, -0.05) is 30.3 Å². The monoisotopic (exact) mass is 259 g/mol. The molecule has 2 heterocycles. The van der Waals surface area contributed by atoms with Gasteiger partial charge in [0.05, 0.1) is 0 Å². The molecule has 2 fully saturated rings. The summed E-state index contributed by atoms with van der Waals surface area (Å²) in [5, 5.41) is 0. The van der Waals surface area contributed by atoms with Crippen molar-refractivity contribution < 1.29 is 14.3 Å². The molecule has 19 heavy (non-hydrogen) atoms. The molecule has 2 saturated heterocycles. The van der Waals surface area contributed by atoms with Crippen molar-refractivity contribution in [2.75, 3.05) is 0 Å². The molecule has 4 heteroatoms. The van der Waals surface area contributed by atoms with E-state index in [0.29, 0.717) is 19.4 Å². The molecule has 0 saturated carbocycles. The van der Waals surface area contributed by atoms with E-state index < -0.39 is 0 Å². The van der Waals surface area contributed by atoms with Crippen molar-refractivity contribution in [2.45, 2.75) is 44.4 Å². The number of rotatable bonds is 2. The summed E-state index contributed by atoms with van der Waals surface area (Å²) in [6.45, 7) is 0.295. The van der Waals surface area contributed by atoms with Crippen molar-refractivity contribution in [2.24, 2.45) is 0 Å². The number of hydrogen-bond acceptors (Lipinski definition) is 3. The second kappa shape index (κ2) is 5.03. The second-order valence-electron chi connectivity index (χ2n) is 5.28. The van der Waals surface area contributed by atoms with Crippen LogP contribution in [0.25, 0.3) is 0 Å². The van der Waals surface area contributed by atoms with Gasteiger partial charge in [0.15, 0.2) is 0 Å². The number of nitrogens with zero attached hydrogens (tertiary/aromatic N) is 1. The van der Waals surface area contributed by atoms with Crippen LogP contribution in [0.5, 0.6) is 0 Å². The third kappa shape index (κ3) is 2.48. The number of amides is 1. The fraction of sp³-hybridized carbons (Fsp3) is 0.467. The largest absolute Gasteiger partial charge is 0.445 e. The fourth-order valence-electron chi connectivity index (χ4n) is 3.06. The summed E-state index contributed by atoms with van der Waals surface area (Å²) >= 11 is 0. The van der Waals surface area contributed by atoms with Gasteiger partial charge in [0.2, 0.25) is 0 Å². The molecule has 1 amide bonds. The molecule has 4 nitrogen and oxygen atoms in total. The Kier molecular flexibility index (Phi) is 3.23. The van der Waals surface area contributed by atoms with Gasteiger partial charge in [-0.2, -0.15) is 0 Å². The van der Waals surface area contributed by atoms with E-state index in [1.165, 1.54) is 0 Å². The molecule has 1 aromatic carbocycles. The molecule has 0 radical (unpaired) electrons. The van der Waals surface area contributed by atoms with Crippen LogP contribution in [-0.2, 0) is 16.1 Å². The molecule has 2 aliphatic rings. The highest BCUT2D eigenvalue weighted by atomic mass is 16.6. The average Bonchev–Trinajstić information content (AvgIpc) is 2.70. The Bertz CT molecular complexity index is 469. The van der Waals surface area contributed by atoms with Crippen LogP contribution in [0.15, 0.2) is 30.3 Å². The van der Waals surface area contributed by atoms with E-state index >= 15 is 0 Å². The molecule has 100 valence electrons. The minimum absolute atomic E-state index is 0.0644. The molecule has 2 aliphatic heterocycles. The van der Waals surface area contributed by atoms with E-state index in [2.05, 4.69) is 0 Å². The maximum absolute atomic E-state index is 12.1. The maximum atomic E-state index is 12.1. The van der Waals surface area contributed by atoms with Gasteiger partial charge < -0.3 is 9.64 Å². The van der Waals surface area contributed by atoms with E-state index in [1.807, 2.05) is 30.3 Å². The van der Waals surface area contributed by atoms with E-state index in [0.717, 1.165) is 18.4 Å².